The summed E-state index contributed by atoms with van der Waals surface area (Å²) in [5.74, 6) is 1.21. The Labute approximate surface area is 120 Å². The average Bonchev–Trinajstić information content (AvgIpc) is 2.95. The van der Waals surface area contributed by atoms with Crippen LogP contribution in [0.4, 0.5) is 0 Å². The number of benzene rings is 1. The zero-order valence-corrected chi connectivity index (χ0v) is 12.7. The topological polar surface area (TPSA) is 30.2 Å². The number of carbonyl (C=O) groups excluding carboxylic acids is 1. The Hall–Kier alpha value is -1.83. The summed E-state index contributed by atoms with van der Waals surface area (Å²) in [6, 6.07) is 11.5. The maximum absolute atomic E-state index is 12.3. The maximum Gasteiger partial charge on any atom is 0.228 e. The van der Waals surface area contributed by atoms with E-state index >= 15 is 0 Å². The van der Waals surface area contributed by atoms with Crippen LogP contribution in [-0.4, -0.2) is 5.78 Å². The maximum atomic E-state index is 12.3. The third kappa shape index (κ3) is 2.84. The largest absolute Gasteiger partial charge is 0.458 e. The quantitative estimate of drug-likeness (QED) is 0.733. The Morgan fingerprint density at radius 2 is 1.70 bits per heavy atom. The second-order valence-electron chi connectivity index (χ2n) is 5.76. The summed E-state index contributed by atoms with van der Waals surface area (Å²) in [6.45, 7) is 8.61. The molecule has 0 N–H and O–H groups in total. The van der Waals surface area contributed by atoms with Crippen molar-refractivity contribution in [1.29, 1.82) is 0 Å². The van der Waals surface area contributed by atoms with E-state index in [-0.39, 0.29) is 11.2 Å². The van der Waals surface area contributed by atoms with Gasteiger partial charge in [0.2, 0.25) is 5.78 Å². The van der Waals surface area contributed by atoms with Gasteiger partial charge in [0, 0.05) is 12.0 Å². The van der Waals surface area contributed by atoms with E-state index in [1.807, 2.05) is 37.3 Å². The van der Waals surface area contributed by atoms with E-state index in [2.05, 4.69) is 20.8 Å². The monoisotopic (exact) mass is 270 g/mol. The van der Waals surface area contributed by atoms with Crippen molar-refractivity contribution < 1.29 is 9.21 Å². The van der Waals surface area contributed by atoms with Crippen molar-refractivity contribution in [1.82, 2.24) is 0 Å². The number of carbonyl (C=O) groups is 1. The molecule has 0 spiro atoms. The fourth-order valence-electron chi connectivity index (χ4n) is 2.11. The molecule has 0 fully saturated rings. The Morgan fingerprint density at radius 3 is 2.20 bits per heavy atom. The molecule has 20 heavy (non-hydrogen) atoms. The van der Waals surface area contributed by atoms with E-state index in [4.69, 9.17) is 4.42 Å². The van der Waals surface area contributed by atoms with Gasteiger partial charge in [0.15, 0.2) is 5.76 Å². The smallest absolute Gasteiger partial charge is 0.228 e. The van der Waals surface area contributed by atoms with Crippen molar-refractivity contribution in [2.24, 2.45) is 0 Å². The van der Waals surface area contributed by atoms with Crippen LogP contribution in [0.25, 0.3) is 0 Å². The molecule has 2 nitrogen and oxygen atoms in total. The molecule has 0 aliphatic rings. The van der Waals surface area contributed by atoms with Crippen LogP contribution in [0.3, 0.4) is 0 Å². The number of aryl methyl sites for hydroxylation is 1. The summed E-state index contributed by atoms with van der Waals surface area (Å²) in [6.07, 6.45) is 1.87. The van der Waals surface area contributed by atoms with Crippen LogP contribution >= 0.6 is 0 Å². The summed E-state index contributed by atoms with van der Waals surface area (Å²) in [5, 5.41) is 0. The number of ketones is 1. The zero-order valence-electron chi connectivity index (χ0n) is 12.7. The third-order valence-corrected chi connectivity index (χ3v) is 4.05. The fourth-order valence-corrected chi connectivity index (χ4v) is 2.11. The molecule has 0 unspecified atom stereocenters. The molecule has 106 valence electrons. The first kappa shape index (κ1) is 14.6. The van der Waals surface area contributed by atoms with Gasteiger partial charge in [-0.1, -0.05) is 52.0 Å². The second-order valence-corrected chi connectivity index (χ2v) is 5.76. The molecule has 0 saturated heterocycles. The molecule has 0 aliphatic carbocycles. The van der Waals surface area contributed by atoms with Gasteiger partial charge in [-0.3, -0.25) is 4.79 Å². The van der Waals surface area contributed by atoms with Gasteiger partial charge >= 0.3 is 0 Å². The first-order valence-electron chi connectivity index (χ1n) is 7.22. The Bertz CT molecular complexity index is 588. The molecule has 0 amide bonds. The minimum absolute atomic E-state index is 0.0504. The lowest BCUT2D eigenvalue weighted by Gasteiger charge is -2.23. The van der Waals surface area contributed by atoms with Gasteiger partial charge in [-0.15, -0.1) is 0 Å². The molecule has 1 aromatic carbocycles. The molecule has 2 heteroatoms. The predicted molar refractivity (Wildman–Crippen MR) is 81.3 cm³/mol. The summed E-state index contributed by atoms with van der Waals surface area (Å²) in [7, 11) is 0. The van der Waals surface area contributed by atoms with E-state index in [0.717, 1.165) is 18.6 Å². The highest BCUT2D eigenvalue weighted by Crippen LogP contribution is 2.27. The zero-order chi connectivity index (χ0) is 14.8. The number of rotatable bonds is 5. The SMILES string of the molecule is CCc1ccc(C(=O)c2ccc(C(C)(C)CC)cc2)o1. The highest BCUT2D eigenvalue weighted by Gasteiger charge is 2.19. The van der Waals surface area contributed by atoms with Crippen LogP contribution < -0.4 is 0 Å². The normalized spacial score (nSPS) is 11.6. The first-order valence-corrected chi connectivity index (χ1v) is 7.22. The van der Waals surface area contributed by atoms with Gasteiger partial charge in [0.1, 0.15) is 5.76 Å². The van der Waals surface area contributed by atoms with Crippen molar-refractivity contribution in [2.75, 3.05) is 0 Å². The van der Waals surface area contributed by atoms with Crippen molar-refractivity contribution >= 4 is 5.78 Å². The molecule has 0 aliphatic heterocycles. The lowest BCUT2D eigenvalue weighted by Crippen LogP contribution is -2.15. The van der Waals surface area contributed by atoms with E-state index in [1.54, 1.807) is 6.07 Å². The van der Waals surface area contributed by atoms with Crippen LogP contribution in [0, 0.1) is 0 Å². The summed E-state index contributed by atoms with van der Waals surface area (Å²) >= 11 is 0. The fraction of sp³-hybridized carbons (Fsp3) is 0.389. The van der Waals surface area contributed by atoms with Crippen molar-refractivity contribution in [3.63, 3.8) is 0 Å². The van der Waals surface area contributed by atoms with E-state index in [1.165, 1.54) is 5.56 Å². The highest BCUT2D eigenvalue weighted by molar-refractivity contribution is 6.07. The van der Waals surface area contributed by atoms with Gasteiger partial charge in [-0.25, -0.2) is 0 Å². The lowest BCUT2D eigenvalue weighted by molar-refractivity contribution is 0.101. The molecular weight excluding hydrogens is 248 g/mol. The van der Waals surface area contributed by atoms with Crippen LogP contribution in [0.1, 0.15) is 61.6 Å². The molecule has 1 aromatic heterocycles. The van der Waals surface area contributed by atoms with Crippen LogP contribution in [0.5, 0.6) is 0 Å². The Kier molecular flexibility index (Phi) is 4.12. The average molecular weight is 270 g/mol. The third-order valence-electron chi connectivity index (χ3n) is 4.05. The molecule has 2 aromatic rings. The first-order chi connectivity index (χ1) is 9.47. The highest BCUT2D eigenvalue weighted by atomic mass is 16.3. The standard InChI is InChI=1S/C18H22O2/c1-5-15-11-12-16(20-15)17(19)13-7-9-14(10-8-13)18(3,4)6-2/h7-12H,5-6H2,1-4H3. The van der Waals surface area contributed by atoms with Gasteiger partial charge < -0.3 is 4.42 Å². The number of hydrogen-bond acceptors (Lipinski definition) is 2. The minimum atomic E-state index is -0.0504. The minimum Gasteiger partial charge on any atom is -0.458 e. The predicted octanol–water partition coefficient (Wildman–Crippen LogP) is 4.76. The van der Waals surface area contributed by atoms with Crippen LogP contribution in [0.2, 0.25) is 0 Å². The Morgan fingerprint density at radius 1 is 1.05 bits per heavy atom. The Balaban J connectivity index is 2.23. The van der Waals surface area contributed by atoms with Crippen molar-refractivity contribution in [3.8, 4) is 0 Å². The van der Waals surface area contributed by atoms with Gasteiger partial charge in [0.05, 0.1) is 0 Å². The van der Waals surface area contributed by atoms with Crippen LogP contribution in [-0.2, 0) is 11.8 Å². The summed E-state index contributed by atoms with van der Waals surface area (Å²) < 4.78 is 5.52. The number of furan rings is 1. The molecule has 0 radical (unpaired) electrons. The van der Waals surface area contributed by atoms with Crippen molar-refractivity contribution in [2.45, 2.75) is 46.0 Å². The molecular formula is C18H22O2. The molecule has 2 rings (SSSR count). The van der Waals surface area contributed by atoms with Crippen molar-refractivity contribution in [3.05, 3.63) is 59.0 Å². The van der Waals surface area contributed by atoms with Gasteiger partial charge in [0.25, 0.3) is 0 Å². The second kappa shape index (κ2) is 5.66. The molecule has 0 atom stereocenters. The molecule has 0 saturated carbocycles. The van der Waals surface area contributed by atoms with Gasteiger partial charge in [-0.05, 0) is 29.5 Å². The lowest BCUT2D eigenvalue weighted by atomic mass is 9.82. The van der Waals surface area contributed by atoms with E-state index < -0.39 is 0 Å². The van der Waals surface area contributed by atoms with Crippen LogP contribution in [0.15, 0.2) is 40.8 Å². The molecule has 1 heterocycles. The number of hydrogen-bond donors (Lipinski definition) is 0. The molecule has 0 bridgehead atoms. The van der Waals surface area contributed by atoms with Gasteiger partial charge in [-0.2, -0.15) is 0 Å². The van der Waals surface area contributed by atoms with E-state index in [0.29, 0.717) is 11.3 Å². The summed E-state index contributed by atoms with van der Waals surface area (Å²) in [5.41, 5.74) is 2.07. The van der Waals surface area contributed by atoms with E-state index in [9.17, 15) is 4.79 Å². The summed E-state index contributed by atoms with van der Waals surface area (Å²) in [4.78, 5) is 12.3.